The average Bonchev–Trinajstić information content (AvgIpc) is 2.59. The fourth-order valence-electron chi connectivity index (χ4n) is 1.43. The van der Waals surface area contributed by atoms with Gasteiger partial charge in [-0.1, -0.05) is 13.8 Å². The second-order valence-electron chi connectivity index (χ2n) is 4.26. The summed E-state index contributed by atoms with van der Waals surface area (Å²) < 4.78 is 1.56. The minimum atomic E-state index is -0.642. The van der Waals surface area contributed by atoms with E-state index in [1.54, 1.807) is 10.9 Å². The highest BCUT2D eigenvalue weighted by Crippen LogP contribution is 2.14. The van der Waals surface area contributed by atoms with Gasteiger partial charge in [0.2, 0.25) is 5.91 Å². The Balaban J connectivity index is 2.85. The normalized spacial score (nSPS) is 10.6. The van der Waals surface area contributed by atoms with E-state index in [1.165, 1.54) is 0 Å². The Morgan fingerprint density at radius 1 is 1.53 bits per heavy atom. The van der Waals surface area contributed by atoms with E-state index in [1.807, 2.05) is 20.8 Å². The Hall–Kier alpha value is -1.85. The van der Waals surface area contributed by atoms with Crippen LogP contribution in [-0.4, -0.2) is 21.6 Å². The first-order chi connectivity index (χ1) is 7.93. The summed E-state index contributed by atoms with van der Waals surface area (Å²) in [6.45, 7) is 6.39. The maximum atomic E-state index is 11.6. The Labute approximate surface area is 100 Å². The molecule has 0 fully saturated rings. The number of hydrogen-bond acceptors (Lipinski definition) is 3. The lowest BCUT2D eigenvalue weighted by atomic mass is 10.1. The van der Waals surface area contributed by atoms with E-state index in [2.05, 4.69) is 10.4 Å². The molecule has 0 aromatic carbocycles. The number of carbonyl (C=O) groups excluding carboxylic acids is 2. The van der Waals surface area contributed by atoms with Gasteiger partial charge >= 0.3 is 0 Å². The monoisotopic (exact) mass is 238 g/mol. The lowest BCUT2D eigenvalue weighted by Gasteiger charge is -2.05. The molecular formula is C11H18N4O2. The molecule has 94 valence electrons. The second kappa shape index (κ2) is 5.47. The molecule has 0 saturated carbocycles. The van der Waals surface area contributed by atoms with E-state index in [-0.39, 0.29) is 17.5 Å². The number of nitrogens with two attached hydrogens (primary N) is 1. The van der Waals surface area contributed by atoms with Gasteiger partial charge in [0.05, 0.1) is 5.69 Å². The smallest absolute Gasteiger partial charge is 0.271 e. The van der Waals surface area contributed by atoms with Crippen LogP contribution in [0.25, 0.3) is 0 Å². The lowest BCUT2D eigenvalue weighted by Crippen LogP contribution is -2.18. The highest BCUT2D eigenvalue weighted by Gasteiger charge is 2.16. The van der Waals surface area contributed by atoms with Crippen molar-refractivity contribution in [2.45, 2.75) is 33.7 Å². The molecule has 2 amide bonds. The zero-order valence-electron chi connectivity index (χ0n) is 10.4. The molecule has 1 aromatic heterocycles. The molecule has 1 heterocycles. The number of carbonyl (C=O) groups is 2. The predicted molar refractivity (Wildman–Crippen MR) is 64.5 cm³/mol. The van der Waals surface area contributed by atoms with Crippen LogP contribution in [0.1, 0.15) is 37.7 Å². The van der Waals surface area contributed by atoms with Crippen LogP contribution in [-0.2, 0) is 11.3 Å². The predicted octanol–water partition coefficient (Wildman–Crippen LogP) is 0.986. The van der Waals surface area contributed by atoms with Gasteiger partial charge in [-0.25, -0.2) is 0 Å². The van der Waals surface area contributed by atoms with Crippen molar-refractivity contribution < 1.29 is 9.59 Å². The van der Waals surface area contributed by atoms with Crippen molar-refractivity contribution in [3.63, 3.8) is 0 Å². The Morgan fingerprint density at radius 3 is 2.65 bits per heavy atom. The lowest BCUT2D eigenvalue weighted by molar-refractivity contribution is -0.116. The minimum absolute atomic E-state index is 0.101. The summed E-state index contributed by atoms with van der Waals surface area (Å²) in [5.74, 6) is -0.525. The molecular weight excluding hydrogens is 220 g/mol. The first-order valence-corrected chi connectivity index (χ1v) is 5.61. The molecule has 0 atom stereocenters. The van der Waals surface area contributed by atoms with Crippen LogP contribution in [0.2, 0.25) is 0 Å². The summed E-state index contributed by atoms with van der Waals surface area (Å²) in [6, 6.07) is 0. The van der Waals surface area contributed by atoms with Crippen molar-refractivity contribution in [2.75, 3.05) is 5.32 Å². The highest BCUT2D eigenvalue weighted by atomic mass is 16.2. The van der Waals surface area contributed by atoms with Crippen LogP contribution in [0.3, 0.4) is 0 Å². The van der Waals surface area contributed by atoms with Crippen molar-refractivity contribution in [1.29, 1.82) is 0 Å². The van der Waals surface area contributed by atoms with Gasteiger partial charge in [0.25, 0.3) is 5.91 Å². The number of aromatic nitrogens is 2. The van der Waals surface area contributed by atoms with Gasteiger partial charge in [-0.3, -0.25) is 14.3 Å². The van der Waals surface area contributed by atoms with E-state index in [0.717, 1.165) is 0 Å². The van der Waals surface area contributed by atoms with Crippen molar-refractivity contribution in [3.8, 4) is 0 Å². The van der Waals surface area contributed by atoms with Crippen molar-refractivity contribution in [2.24, 2.45) is 11.7 Å². The SMILES string of the molecule is CCn1cc(NC(=O)CC(C)C)c(C(N)=O)n1. The number of amides is 2. The van der Waals surface area contributed by atoms with E-state index >= 15 is 0 Å². The molecule has 6 heteroatoms. The van der Waals surface area contributed by atoms with Gasteiger partial charge in [0.1, 0.15) is 0 Å². The van der Waals surface area contributed by atoms with E-state index in [0.29, 0.717) is 18.7 Å². The Morgan fingerprint density at radius 2 is 2.18 bits per heavy atom. The number of anilines is 1. The molecule has 0 aliphatic carbocycles. The number of primary amides is 1. The van der Waals surface area contributed by atoms with Gasteiger partial charge in [0, 0.05) is 19.2 Å². The first-order valence-electron chi connectivity index (χ1n) is 5.61. The molecule has 0 unspecified atom stereocenters. The van der Waals surface area contributed by atoms with Gasteiger partial charge in [-0.15, -0.1) is 0 Å². The summed E-state index contributed by atoms with van der Waals surface area (Å²) >= 11 is 0. The maximum Gasteiger partial charge on any atom is 0.271 e. The van der Waals surface area contributed by atoms with E-state index < -0.39 is 5.91 Å². The maximum absolute atomic E-state index is 11.6. The zero-order valence-corrected chi connectivity index (χ0v) is 10.4. The van der Waals surface area contributed by atoms with Crippen LogP contribution in [0.15, 0.2) is 6.20 Å². The zero-order chi connectivity index (χ0) is 13.0. The van der Waals surface area contributed by atoms with Crippen molar-refractivity contribution >= 4 is 17.5 Å². The van der Waals surface area contributed by atoms with Crippen molar-refractivity contribution in [3.05, 3.63) is 11.9 Å². The third-order valence-electron chi connectivity index (χ3n) is 2.19. The molecule has 0 aliphatic heterocycles. The molecule has 1 rings (SSSR count). The van der Waals surface area contributed by atoms with Crippen LogP contribution >= 0.6 is 0 Å². The topological polar surface area (TPSA) is 90.0 Å². The standard InChI is InChI=1S/C11H18N4O2/c1-4-15-6-8(10(14-15)11(12)17)13-9(16)5-7(2)3/h6-7H,4-5H2,1-3H3,(H2,12,17)(H,13,16). The summed E-state index contributed by atoms with van der Waals surface area (Å²) in [6.07, 6.45) is 2.01. The Bertz CT molecular complexity index is 423. The highest BCUT2D eigenvalue weighted by molar-refractivity contribution is 6.01. The number of rotatable bonds is 5. The summed E-state index contributed by atoms with van der Waals surface area (Å²) in [4.78, 5) is 22.7. The van der Waals surface area contributed by atoms with Gasteiger partial charge in [0.15, 0.2) is 5.69 Å². The van der Waals surface area contributed by atoms with Crippen LogP contribution in [0.5, 0.6) is 0 Å². The van der Waals surface area contributed by atoms with Gasteiger partial charge in [-0.05, 0) is 12.8 Å². The fourth-order valence-corrected chi connectivity index (χ4v) is 1.43. The molecule has 0 bridgehead atoms. The van der Waals surface area contributed by atoms with Crippen LogP contribution < -0.4 is 11.1 Å². The van der Waals surface area contributed by atoms with E-state index in [9.17, 15) is 9.59 Å². The molecule has 17 heavy (non-hydrogen) atoms. The number of nitrogens with one attached hydrogen (secondary N) is 1. The molecule has 0 saturated heterocycles. The third kappa shape index (κ3) is 3.58. The van der Waals surface area contributed by atoms with Crippen molar-refractivity contribution in [1.82, 2.24) is 9.78 Å². The summed E-state index contributed by atoms with van der Waals surface area (Å²) in [7, 11) is 0. The third-order valence-corrected chi connectivity index (χ3v) is 2.19. The molecule has 0 spiro atoms. The second-order valence-corrected chi connectivity index (χ2v) is 4.26. The fraction of sp³-hybridized carbons (Fsp3) is 0.545. The van der Waals surface area contributed by atoms with Crippen LogP contribution in [0, 0.1) is 5.92 Å². The molecule has 3 N–H and O–H groups in total. The van der Waals surface area contributed by atoms with Crippen LogP contribution in [0.4, 0.5) is 5.69 Å². The molecule has 0 aliphatic rings. The van der Waals surface area contributed by atoms with E-state index in [4.69, 9.17) is 5.73 Å². The van der Waals surface area contributed by atoms with Gasteiger partial charge in [-0.2, -0.15) is 5.10 Å². The molecule has 1 aromatic rings. The average molecular weight is 238 g/mol. The quantitative estimate of drug-likeness (QED) is 0.801. The summed E-state index contributed by atoms with van der Waals surface area (Å²) in [5, 5.41) is 6.64. The number of nitrogens with zero attached hydrogens (tertiary/aromatic N) is 2. The largest absolute Gasteiger partial charge is 0.364 e. The molecule has 0 radical (unpaired) electrons. The minimum Gasteiger partial charge on any atom is -0.364 e. The molecule has 6 nitrogen and oxygen atoms in total. The number of hydrogen-bond donors (Lipinski definition) is 2. The van der Waals surface area contributed by atoms with Gasteiger partial charge < -0.3 is 11.1 Å². The number of aryl methyl sites for hydroxylation is 1. The summed E-state index contributed by atoms with van der Waals surface area (Å²) in [5.41, 5.74) is 5.67. The first kappa shape index (κ1) is 13.2. The Kier molecular flexibility index (Phi) is 4.25.